The van der Waals surface area contributed by atoms with Crippen molar-refractivity contribution in [3.63, 3.8) is 0 Å². The lowest BCUT2D eigenvalue weighted by atomic mass is 10.5. The summed E-state index contributed by atoms with van der Waals surface area (Å²) >= 11 is 0. The molecule has 0 unspecified atom stereocenters. The van der Waals surface area contributed by atoms with Crippen LogP contribution in [0, 0.1) is 0 Å². The van der Waals surface area contributed by atoms with Crippen molar-refractivity contribution >= 4 is 5.97 Å². The lowest BCUT2D eigenvalue weighted by molar-refractivity contribution is 0.0643. The number of hydrogen-bond acceptors (Lipinski definition) is 7. The van der Waals surface area contributed by atoms with Crippen LogP contribution < -0.4 is 0 Å². The van der Waals surface area contributed by atoms with Gasteiger partial charge >= 0.3 is 11.9 Å². The average Bonchev–Trinajstić information content (AvgIpc) is 2.68. The Balaban J connectivity index is 2.39. The molecule has 0 aliphatic carbocycles. The molecular formula is C6H3N5O3. The zero-order valence-corrected chi connectivity index (χ0v) is 6.65. The summed E-state index contributed by atoms with van der Waals surface area (Å²) in [5, 5.41) is 19.0. The molecule has 2 heterocycles. The van der Waals surface area contributed by atoms with Gasteiger partial charge in [0.1, 0.15) is 0 Å². The third-order valence-electron chi connectivity index (χ3n) is 1.29. The molecule has 0 amide bonds. The molecule has 2 aromatic heterocycles. The van der Waals surface area contributed by atoms with Crippen LogP contribution in [0.4, 0.5) is 0 Å². The fourth-order valence-corrected chi connectivity index (χ4v) is 0.751. The van der Waals surface area contributed by atoms with Crippen molar-refractivity contribution < 1.29 is 14.4 Å². The summed E-state index contributed by atoms with van der Waals surface area (Å²) in [6, 6.07) is 0. The number of carboxylic acid groups (broad SMARTS) is 1. The van der Waals surface area contributed by atoms with E-state index in [9.17, 15) is 4.79 Å². The van der Waals surface area contributed by atoms with Crippen molar-refractivity contribution in [2.24, 2.45) is 0 Å². The highest BCUT2D eigenvalue weighted by Gasteiger charge is 2.15. The Morgan fingerprint density at radius 1 is 1.36 bits per heavy atom. The van der Waals surface area contributed by atoms with Crippen molar-refractivity contribution in [3.8, 4) is 11.6 Å². The second-order valence-corrected chi connectivity index (χ2v) is 2.19. The van der Waals surface area contributed by atoms with Gasteiger partial charge in [0.15, 0.2) is 0 Å². The van der Waals surface area contributed by atoms with Gasteiger partial charge in [0.05, 0.1) is 6.20 Å². The molecule has 0 aliphatic heterocycles. The molecule has 0 aromatic carbocycles. The first-order valence-corrected chi connectivity index (χ1v) is 3.48. The third kappa shape index (κ3) is 1.40. The van der Waals surface area contributed by atoms with Crippen LogP contribution >= 0.6 is 0 Å². The average molecular weight is 193 g/mol. The molecule has 0 atom stereocenters. The summed E-state index contributed by atoms with van der Waals surface area (Å²) in [6.45, 7) is 0. The Morgan fingerprint density at radius 3 is 2.79 bits per heavy atom. The van der Waals surface area contributed by atoms with Crippen LogP contribution in [0.3, 0.4) is 0 Å². The van der Waals surface area contributed by atoms with Crippen LogP contribution in [0.15, 0.2) is 16.9 Å². The Morgan fingerprint density at radius 2 is 2.21 bits per heavy atom. The molecule has 0 spiro atoms. The molecule has 0 fully saturated rings. The van der Waals surface area contributed by atoms with E-state index in [0.717, 1.165) is 0 Å². The van der Waals surface area contributed by atoms with Crippen molar-refractivity contribution in [3.05, 3.63) is 18.3 Å². The minimum Gasteiger partial charge on any atom is -0.474 e. The smallest absolute Gasteiger partial charge is 0.394 e. The first-order chi connectivity index (χ1) is 6.77. The third-order valence-corrected chi connectivity index (χ3v) is 1.29. The summed E-state index contributed by atoms with van der Waals surface area (Å²) in [4.78, 5) is 17.7. The maximum Gasteiger partial charge on any atom is 0.394 e. The molecule has 0 radical (unpaired) electrons. The maximum atomic E-state index is 10.4. The topological polar surface area (TPSA) is 115 Å². The number of aromatic carboxylic acids is 1. The summed E-state index contributed by atoms with van der Waals surface area (Å²) in [7, 11) is 0. The van der Waals surface area contributed by atoms with E-state index in [1.165, 1.54) is 12.4 Å². The Hall–Kier alpha value is -2.38. The zero-order chi connectivity index (χ0) is 9.97. The van der Waals surface area contributed by atoms with Crippen molar-refractivity contribution in [1.82, 2.24) is 25.3 Å². The molecule has 0 saturated heterocycles. The van der Waals surface area contributed by atoms with Gasteiger partial charge < -0.3 is 9.63 Å². The number of rotatable bonds is 2. The molecule has 2 rings (SSSR count). The predicted molar refractivity (Wildman–Crippen MR) is 40.1 cm³/mol. The van der Waals surface area contributed by atoms with Crippen LogP contribution in [0.2, 0.25) is 0 Å². The number of hydrogen-bond donors (Lipinski definition) is 1. The van der Waals surface area contributed by atoms with Gasteiger partial charge in [-0.05, 0) is 0 Å². The van der Waals surface area contributed by atoms with Gasteiger partial charge in [0.2, 0.25) is 11.6 Å². The minimum absolute atomic E-state index is 0.00417. The van der Waals surface area contributed by atoms with Crippen molar-refractivity contribution in [1.29, 1.82) is 0 Å². The van der Waals surface area contributed by atoms with Crippen molar-refractivity contribution in [2.75, 3.05) is 0 Å². The first kappa shape index (κ1) is 8.23. The van der Waals surface area contributed by atoms with Gasteiger partial charge in [0.25, 0.3) is 0 Å². The van der Waals surface area contributed by atoms with Crippen LogP contribution in [0.5, 0.6) is 0 Å². The first-order valence-electron chi connectivity index (χ1n) is 3.48. The van der Waals surface area contributed by atoms with Crippen LogP contribution in [-0.4, -0.2) is 36.4 Å². The monoisotopic (exact) mass is 193 g/mol. The molecular weight excluding hydrogens is 190 g/mol. The number of carboxylic acids is 1. The number of carbonyl (C=O) groups is 1. The molecule has 1 N–H and O–H groups in total. The second kappa shape index (κ2) is 3.17. The van der Waals surface area contributed by atoms with Crippen molar-refractivity contribution in [2.45, 2.75) is 0 Å². The van der Waals surface area contributed by atoms with Gasteiger partial charge in [-0.2, -0.15) is 10.1 Å². The lowest BCUT2D eigenvalue weighted by Crippen LogP contribution is -1.96. The van der Waals surface area contributed by atoms with Crippen LogP contribution in [0.25, 0.3) is 11.6 Å². The van der Waals surface area contributed by atoms with E-state index in [1.807, 2.05) is 0 Å². The van der Waals surface area contributed by atoms with Gasteiger partial charge in [-0.15, -0.1) is 5.10 Å². The van der Waals surface area contributed by atoms with E-state index in [-0.39, 0.29) is 11.6 Å². The second-order valence-electron chi connectivity index (χ2n) is 2.19. The SMILES string of the molecule is O=C(O)c1nc(-c2nccnn2)no1. The molecule has 0 aliphatic rings. The molecule has 8 heteroatoms. The highest BCUT2D eigenvalue weighted by molar-refractivity contribution is 5.82. The minimum atomic E-state index is -1.30. The Labute approximate surface area is 76.6 Å². The fraction of sp³-hybridized carbons (Fsp3) is 0. The standard InChI is InChI=1S/C6H3N5O3/c12-6(13)5-9-4(11-14-5)3-7-1-2-8-10-3/h1-2H,(H,12,13). The molecule has 2 aromatic rings. The summed E-state index contributed by atoms with van der Waals surface area (Å²) < 4.78 is 4.41. The molecule has 8 nitrogen and oxygen atoms in total. The zero-order valence-electron chi connectivity index (χ0n) is 6.65. The van der Waals surface area contributed by atoms with E-state index in [0.29, 0.717) is 0 Å². The highest BCUT2D eigenvalue weighted by Crippen LogP contribution is 2.07. The largest absolute Gasteiger partial charge is 0.474 e. The number of nitrogens with zero attached hydrogens (tertiary/aromatic N) is 5. The normalized spacial score (nSPS) is 10.0. The van der Waals surface area contributed by atoms with E-state index in [1.54, 1.807) is 0 Å². The quantitative estimate of drug-likeness (QED) is 0.686. The highest BCUT2D eigenvalue weighted by atomic mass is 16.5. The van der Waals surface area contributed by atoms with Gasteiger partial charge in [-0.1, -0.05) is 5.16 Å². The van der Waals surface area contributed by atoms with Crippen LogP contribution in [-0.2, 0) is 0 Å². The van der Waals surface area contributed by atoms with Crippen LogP contribution in [0.1, 0.15) is 10.7 Å². The Kier molecular flexibility index (Phi) is 1.86. The number of aromatic nitrogens is 5. The summed E-state index contributed by atoms with van der Waals surface area (Å²) in [5.41, 5.74) is 0. The molecule has 0 bridgehead atoms. The summed E-state index contributed by atoms with van der Waals surface area (Å²) in [6.07, 6.45) is 2.76. The van der Waals surface area contributed by atoms with Gasteiger partial charge in [0, 0.05) is 6.20 Å². The lowest BCUT2D eigenvalue weighted by Gasteiger charge is -1.86. The summed E-state index contributed by atoms with van der Waals surface area (Å²) in [5.74, 6) is -1.70. The van der Waals surface area contributed by atoms with Gasteiger partial charge in [-0.3, -0.25) is 0 Å². The molecule has 70 valence electrons. The van der Waals surface area contributed by atoms with Gasteiger partial charge in [-0.25, -0.2) is 9.78 Å². The predicted octanol–water partition coefficient (Wildman–Crippen LogP) is -0.380. The Bertz CT molecular complexity index is 454. The molecule has 0 saturated carbocycles. The molecule has 14 heavy (non-hydrogen) atoms. The maximum absolute atomic E-state index is 10.4. The van der Waals surface area contributed by atoms with E-state index >= 15 is 0 Å². The van der Waals surface area contributed by atoms with E-state index < -0.39 is 11.9 Å². The van der Waals surface area contributed by atoms with E-state index in [4.69, 9.17) is 5.11 Å². The van der Waals surface area contributed by atoms with E-state index in [2.05, 4.69) is 29.8 Å². The fourth-order valence-electron chi connectivity index (χ4n) is 0.751.